The van der Waals surface area contributed by atoms with E-state index in [1.807, 2.05) is 25.2 Å². The molecule has 0 spiro atoms. The number of nitrogens with zero attached hydrogens (tertiary/aromatic N) is 2. The molecule has 2 aromatic rings. The molecule has 6 heteroatoms. The number of anilines is 3. The molecule has 1 heterocycles. The zero-order chi connectivity index (χ0) is 14.5. The van der Waals surface area contributed by atoms with Crippen molar-refractivity contribution in [3.63, 3.8) is 0 Å². The Morgan fingerprint density at radius 3 is 2.65 bits per heavy atom. The van der Waals surface area contributed by atoms with Crippen LogP contribution < -0.4 is 15.4 Å². The van der Waals surface area contributed by atoms with Gasteiger partial charge in [0, 0.05) is 23.2 Å². The Bertz CT molecular complexity index is 604. The Morgan fingerprint density at radius 2 is 2.00 bits per heavy atom. The molecule has 0 aliphatic rings. The molecule has 5 nitrogen and oxygen atoms in total. The molecule has 1 aromatic heterocycles. The van der Waals surface area contributed by atoms with Gasteiger partial charge in [-0.3, -0.25) is 0 Å². The molecule has 2 rings (SSSR count). The third-order valence-electron chi connectivity index (χ3n) is 2.96. The lowest BCUT2D eigenvalue weighted by Gasteiger charge is -2.14. The highest BCUT2D eigenvalue weighted by Crippen LogP contribution is 2.31. The first-order valence-electron chi connectivity index (χ1n) is 6.31. The number of benzene rings is 1. The molecule has 0 saturated carbocycles. The number of aromatic nitrogens is 2. The molecule has 1 aromatic carbocycles. The SMILES string of the molecule is CCc1c(NC)ncnc1Nc1cc(OC)ccc1Br. The smallest absolute Gasteiger partial charge is 0.139 e. The summed E-state index contributed by atoms with van der Waals surface area (Å²) < 4.78 is 6.19. The monoisotopic (exact) mass is 336 g/mol. The van der Waals surface area contributed by atoms with Gasteiger partial charge >= 0.3 is 0 Å². The molecular formula is C14H17BrN4O. The summed E-state index contributed by atoms with van der Waals surface area (Å²) >= 11 is 3.52. The summed E-state index contributed by atoms with van der Waals surface area (Å²) in [7, 11) is 3.50. The average Bonchev–Trinajstić information content (AvgIpc) is 2.49. The van der Waals surface area contributed by atoms with E-state index in [9.17, 15) is 0 Å². The van der Waals surface area contributed by atoms with E-state index < -0.39 is 0 Å². The summed E-state index contributed by atoms with van der Waals surface area (Å²) in [5.74, 6) is 2.42. The zero-order valence-electron chi connectivity index (χ0n) is 11.7. The van der Waals surface area contributed by atoms with Gasteiger partial charge < -0.3 is 15.4 Å². The molecule has 0 atom stereocenters. The van der Waals surface area contributed by atoms with E-state index >= 15 is 0 Å². The predicted octanol–water partition coefficient (Wildman–Crippen LogP) is 3.60. The zero-order valence-corrected chi connectivity index (χ0v) is 13.3. The normalized spacial score (nSPS) is 10.2. The molecule has 0 unspecified atom stereocenters. The summed E-state index contributed by atoms with van der Waals surface area (Å²) in [6.45, 7) is 2.07. The van der Waals surface area contributed by atoms with Crippen LogP contribution in [0.3, 0.4) is 0 Å². The van der Waals surface area contributed by atoms with Crippen LogP contribution in [0.15, 0.2) is 29.0 Å². The minimum atomic E-state index is 0.789. The molecule has 2 N–H and O–H groups in total. The van der Waals surface area contributed by atoms with Gasteiger partial charge in [-0.25, -0.2) is 9.97 Å². The number of nitrogens with one attached hydrogen (secondary N) is 2. The van der Waals surface area contributed by atoms with E-state index in [2.05, 4.69) is 43.5 Å². The van der Waals surface area contributed by atoms with Crippen molar-refractivity contribution in [1.29, 1.82) is 0 Å². The molecule has 0 aliphatic heterocycles. The number of methoxy groups -OCH3 is 1. The molecule has 0 fully saturated rings. The topological polar surface area (TPSA) is 59.1 Å². The molecular weight excluding hydrogens is 320 g/mol. The van der Waals surface area contributed by atoms with Crippen molar-refractivity contribution in [1.82, 2.24) is 9.97 Å². The second-order valence-corrected chi connectivity index (χ2v) is 4.98. The minimum absolute atomic E-state index is 0.789. The van der Waals surface area contributed by atoms with Gasteiger partial charge in [-0.05, 0) is 34.5 Å². The first-order chi connectivity index (χ1) is 9.69. The van der Waals surface area contributed by atoms with Crippen LogP contribution in [0, 0.1) is 0 Å². The Kier molecular flexibility index (Phi) is 4.79. The molecule has 0 radical (unpaired) electrons. The van der Waals surface area contributed by atoms with Crippen LogP contribution in [-0.4, -0.2) is 24.1 Å². The summed E-state index contributed by atoms with van der Waals surface area (Å²) in [4.78, 5) is 8.55. The highest BCUT2D eigenvalue weighted by molar-refractivity contribution is 9.10. The quantitative estimate of drug-likeness (QED) is 0.873. The van der Waals surface area contributed by atoms with Gasteiger partial charge in [0.25, 0.3) is 0 Å². The Balaban J connectivity index is 2.39. The second-order valence-electron chi connectivity index (χ2n) is 4.12. The maximum absolute atomic E-state index is 5.24. The Hall–Kier alpha value is -1.82. The lowest BCUT2D eigenvalue weighted by Crippen LogP contribution is -2.05. The molecule has 0 amide bonds. The van der Waals surface area contributed by atoms with Crippen molar-refractivity contribution in [2.24, 2.45) is 0 Å². The number of halogens is 1. The van der Waals surface area contributed by atoms with E-state index in [-0.39, 0.29) is 0 Å². The van der Waals surface area contributed by atoms with Gasteiger partial charge in [0.1, 0.15) is 23.7 Å². The van der Waals surface area contributed by atoms with Gasteiger partial charge in [-0.2, -0.15) is 0 Å². The van der Waals surface area contributed by atoms with Crippen molar-refractivity contribution in [3.8, 4) is 5.75 Å². The summed E-state index contributed by atoms with van der Waals surface area (Å²) in [5.41, 5.74) is 1.95. The van der Waals surface area contributed by atoms with Crippen molar-refractivity contribution in [2.75, 3.05) is 24.8 Å². The lowest BCUT2D eigenvalue weighted by atomic mass is 10.2. The fourth-order valence-corrected chi connectivity index (χ4v) is 2.27. The fourth-order valence-electron chi connectivity index (χ4n) is 1.93. The van der Waals surface area contributed by atoms with Gasteiger partial charge in [-0.1, -0.05) is 6.92 Å². The Labute approximate surface area is 126 Å². The van der Waals surface area contributed by atoms with Gasteiger partial charge in [0.2, 0.25) is 0 Å². The third-order valence-corrected chi connectivity index (χ3v) is 3.65. The van der Waals surface area contributed by atoms with Crippen LogP contribution >= 0.6 is 15.9 Å². The van der Waals surface area contributed by atoms with Gasteiger partial charge in [-0.15, -0.1) is 0 Å². The van der Waals surface area contributed by atoms with E-state index in [1.54, 1.807) is 13.4 Å². The first kappa shape index (κ1) is 14.6. The lowest BCUT2D eigenvalue weighted by molar-refractivity contribution is 0.415. The number of ether oxygens (including phenoxy) is 1. The van der Waals surface area contributed by atoms with Crippen molar-refractivity contribution in [2.45, 2.75) is 13.3 Å². The minimum Gasteiger partial charge on any atom is -0.497 e. The van der Waals surface area contributed by atoms with E-state index in [0.29, 0.717) is 0 Å². The van der Waals surface area contributed by atoms with Crippen molar-refractivity contribution >= 4 is 33.3 Å². The van der Waals surface area contributed by atoms with Crippen LogP contribution in [0.2, 0.25) is 0 Å². The fraction of sp³-hybridized carbons (Fsp3) is 0.286. The maximum Gasteiger partial charge on any atom is 0.139 e. The molecule has 0 bridgehead atoms. The van der Waals surface area contributed by atoms with Crippen LogP contribution in [0.5, 0.6) is 5.75 Å². The molecule has 0 aliphatic carbocycles. The van der Waals surface area contributed by atoms with Crippen molar-refractivity contribution < 1.29 is 4.74 Å². The van der Waals surface area contributed by atoms with Gasteiger partial charge in [0.05, 0.1) is 12.8 Å². The van der Waals surface area contributed by atoms with Crippen LogP contribution in [-0.2, 0) is 6.42 Å². The van der Waals surface area contributed by atoms with E-state index in [0.717, 1.165) is 39.5 Å². The predicted molar refractivity (Wildman–Crippen MR) is 84.9 cm³/mol. The summed E-state index contributed by atoms with van der Waals surface area (Å²) in [5, 5.41) is 6.41. The van der Waals surface area contributed by atoms with Crippen LogP contribution in [0.4, 0.5) is 17.3 Å². The third kappa shape index (κ3) is 3.01. The maximum atomic E-state index is 5.24. The molecule has 0 saturated heterocycles. The van der Waals surface area contributed by atoms with E-state index in [1.165, 1.54) is 0 Å². The first-order valence-corrected chi connectivity index (χ1v) is 7.11. The molecule has 20 heavy (non-hydrogen) atoms. The molecule has 106 valence electrons. The van der Waals surface area contributed by atoms with Gasteiger partial charge in [0.15, 0.2) is 0 Å². The summed E-state index contributed by atoms with van der Waals surface area (Å²) in [6.07, 6.45) is 2.38. The number of hydrogen-bond donors (Lipinski definition) is 2. The second kappa shape index (κ2) is 6.56. The Morgan fingerprint density at radius 1 is 1.25 bits per heavy atom. The van der Waals surface area contributed by atoms with Crippen LogP contribution in [0.1, 0.15) is 12.5 Å². The highest BCUT2D eigenvalue weighted by atomic mass is 79.9. The largest absolute Gasteiger partial charge is 0.497 e. The van der Waals surface area contributed by atoms with Crippen LogP contribution in [0.25, 0.3) is 0 Å². The van der Waals surface area contributed by atoms with E-state index in [4.69, 9.17) is 4.74 Å². The number of hydrogen-bond acceptors (Lipinski definition) is 5. The standard InChI is InChI=1S/C14H17BrN4O/c1-4-10-13(16-2)17-8-18-14(10)19-12-7-9(20-3)5-6-11(12)15/h5-8H,4H2,1-3H3,(H2,16,17,18,19). The van der Waals surface area contributed by atoms with Crippen molar-refractivity contribution in [3.05, 3.63) is 34.6 Å². The average molecular weight is 337 g/mol. The number of rotatable bonds is 5. The summed E-state index contributed by atoms with van der Waals surface area (Å²) in [6, 6.07) is 5.76. The highest BCUT2D eigenvalue weighted by Gasteiger charge is 2.10.